The number of carboxylic acids is 1. The molecule has 0 amide bonds. The van der Waals surface area contributed by atoms with Gasteiger partial charge < -0.3 is 10.1 Å². The van der Waals surface area contributed by atoms with Gasteiger partial charge in [0.15, 0.2) is 5.69 Å². The molecule has 0 saturated heterocycles. The molecule has 0 aliphatic heterocycles. The number of hydrogen-bond acceptors (Lipinski definition) is 2. The zero-order valence-corrected chi connectivity index (χ0v) is 11.1. The second-order valence-electron chi connectivity index (χ2n) is 4.33. The molecule has 1 heterocycles. The number of halogens is 1. The molecule has 5 heteroatoms. The molecule has 2 aromatic rings. The first-order valence-electron chi connectivity index (χ1n) is 5.47. The van der Waals surface area contributed by atoms with Crippen LogP contribution in [0.25, 0.3) is 11.4 Å². The van der Waals surface area contributed by atoms with Crippen LogP contribution in [0.15, 0.2) is 12.1 Å². The number of rotatable bonds is 2. The number of carboxylic acid groups (broad SMARTS) is 1. The summed E-state index contributed by atoms with van der Waals surface area (Å²) in [6.45, 7) is 5.94. The summed E-state index contributed by atoms with van der Waals surface area (Å²) in [4.78, 5) is 17.8. The number of aromatic nitrogens is 2. The van der Waals surface area contributed by atoms with E-state index < -0.39 is 5.97 Å². The highest BCUT2D eigenvalue weighted by Crippen LogP contribution is 2.28. The first-order valence-corrected chi connectivity index (χ1v) is 5.85. The number of benzene rings is 1. The first-order chi connectivity index (χ1) is 8.40. The normalized spacial score (nSPS) is 10.7. The van der Waals surface area contributed by atoms with E-state index in [1.807, 2.05) is 32.9 Å². The Morgan fingerprint density at radius 1 is 1.28 bits per heavy atom. The van der Waals surface area contributed by atoms with Crippen molar-refractivity contribution in [3.05, 3.63) is 39.7 Å². The smallest absolute Gasteiger partial charge is 0.357 e. The average Bonchev–Trinajstić information content (AvgIpc) is 2.58. The maximum absolute atomic E-state index is 10.9. The first kappa shape index (κ1) is 12.6. The van der Waals surface area contributed by atoms with Gasteiger partial charge >= 0.3 is 5.97 Å². The third kappa shape index (κ3) is 2.11. The highest BCUT2D eigenvalue weighted by Gasteiger charge is 2.18. The van der Waals surface area contributed by atoms with Gasteiger partial charge in [0.1, 0.15) is 11.0 Å². The molecule has 18 heavy (non-hydrogen) atoms. The van der Waals surface area contributed by atoms with Gasteiger partial charge in [0.2, 0.25) is 0 Å². The number of imidazole rings is 1. The monoisotopic (exact) mass is 264 g/mol. The van der Waals surface area contributed by atoms with Crippen LogP contribution < -0.4 is 0 Å². The zero-order chi connectivity index (χ0) is 13.4. The molecule has 0 aliphatic carbocycles. The van der Waals surface area contributed by atoms with Crippen molar-refractivity contribution >= 4 is 17.6 Å². The molecule has 0 unspecified atom stereocenters. The van der Waals surface area contributed by atoms with E-state index in [2.05, 4.69) is 9.97 Å². The molecule has 2 rings (SSSR count). The van der Waals surface area contributed by atoms with Crippen LogP contribution in [0.5, 0.6) is 0 Å². The Labute approximate surface area is 110 Å². The summed E-state index contributed by atoms with van der Waals surface area (Å²) in [6.07, 6.45) is 0. The quantitative estimate of drug-likeness (QED) is 0.874. The van der Waals surface area contributed by atoms with Gasteiger partial charge in [-0.15, -0.1) is 0 Å². The van der Waals surface area contributed by atoms with Gasteiger partial charge in [0, 0.05) is 5.56 Å². The summed E-state index contributed by atoms with van der Waals surface area (Å²) in [7, 11) is 0. The van der Waals surface area contributed by atoms with Crippen molar-refractivity contribution in [3.63, 3.8) is 0 Å². The lowest BCUT2D eigenvalue weighted by molar-refractivity contribution is 0.0691. The summed E-state index contributed by atoms with van der Waals surface area (Å²) in [6, 6.07) is 4.05. The second-order valence-corrected chi connectivity index (χ2v) is 4.70. The van der Waals surface area contributed by atoms with Crippen LogP contribution in [0.2, 0.25) is 5.15 Å². The maximum Gasteiger partial charge on any atom is 0.357 e. The maximum atomic E-state index is 10.9. The third-order valence-corrected chi connectivity index (χ3v) is 3.05. The van der Waals surface area contributed by atoms with Crippen molar-refractivity contribution < 1.29 is 9.90 Å². The van der Waals surface area contributed by atoms with Crippen LogP contribution in [-0.4, -0.2) is 21.0 Å². The Kier molecular flexibility index (Phi) is 3.13. The number of nitrogens with zero attached hydrogens (tertiary/aromatic N) is 1. The van der Waals surface area contributed by atoms with Gasteiger partial charge in [0.05, 0.1) is 0 Å². The van der Waals surface area contributed by atoms with E-state index in [1.54, 1.807) is 0 Å². The minimum atomic E-state index is -1.13. The van der Waals surface area contributed by atoms with E-state index in [9.17, 15) is 4.79 Å². The number of aromatic amines is 1. The Balaban J connectivity index is 2.63. The van der Waals surface area contributed by atoms with Crippen molar-refractivity contribution in [3.8, 4) is 11.4 Å². The summed E-state index contributed by atoms with van der Waals surface area (Å²) in [5, 5.41) is 8.99. The predicted octanol–water partition coefficient (Wildman–Crippen LogP) is 3.35. The standard InChI is InChI=1S/C13H13ClN2O2/c1-6-4-7(2)9(8(3)5-6)12-15-10(13(17)18)11(14)16-12/h4-5H,1-3H3,(H,15,16)(H,17,18). The van der Waals surface area contributed by atoms with Crippen molar-refractivity contribution in [2.24, 2.45) is 0 Å². The minimum Gasteiger partial charge on any atom is -0.476 e. The fraction of sp³-hybridized carbons (Fsp3) is 0.231. The van der Waals surface area contributed by atoms with Gasteiger partial charge in [-0.1, -0.05) is 29.3 Å². The fourth-order valence-corrected chi connectivity index (χ4v) is 2.38. The fourth-order valence-electron chi connectivity index (χ4n) is 2.17. The molecular weight excluding hydrogens is 252 g/mol. The predicted molar refractivity (Wildman–Crippen MR) is 70.2 cm³/mol. The Morgan fingerprint density at radius 3 is 2.28 bits per heavy atom. The number of hydrogen-bond donors (Lipinski definition) is 2. The van der Waals surface area contributed by atoms with Crippen molar-refractivity contribution in [1.82, 2.24) is 9.97 Å². The molecule has 0 radical (unpaired) electrons. The lowest BCUT2D eigenvalue weighted by Crippen LogP contribution is -1.97. The van der Waals surface area contributed by atoms with Gasteiger partial charge in [0.25, 0.3) is 0 Å². The highest BCUT2D eigenvalue weighted by atomic mass is 35.5. The third-order valence-electron chi connectivity index (χ3n) is 2.78. The SMILES string of the molecule is Cc1cc(C)c(-c2nc(C(=O)O)c(Cl)[nH]2)c(C)c1. The van der Waals surface area contributed by atoms with Crippen LogP contribution in [-0.2, 0) is 0 Å². The lowest BCUT2D eigenvalue weighted by Gasteiger charge is -2.08. The van der Waals surface area contributed by atoms with Gasteiger partial charge in [-0.3, -0.25) is 0 Å². The van der Waals surface area contributed by atoms with Crippen molar-refractivity contribution in [1.29, 1.82) is 0 Å². The van der Waals surface area contributed by atoms with Crippen LogP contribution in [0.3, 0.4) is 0 Å². The highest BCUT2D eigenvalue weighted by molar-refractivity contribution is 6.32. The molecule has 0 saturated carbocycles. The number of aromatic carboxylic acids is 1. The average molecular weight is 265 g/mol. The van der Waals surface area contributed by atoms with Crippen molar-refractivity contribution in [2.45, 2.75) is 20.8 Å². The van der Waals surface area contributed by atoms with Crippen LogP contribution in [0.4, 0.5) is 0 Å². The molecule has 4 nitrogen and oxygen atoms in total. The van der Waals surface area contributed by atoms with Crippen LogP contribution >= 0.6 is 11.6 Å². The topological polar surface area (TPSA) is 66.0 Å². The molecule has 0 spiro atoms. The van der Waals surface area contributed by atoms with E-state index in [-0.39, 0.29) is 10.8 Å². The number of nitrogens with one attached hydrogen (secondary N) is 1. The number of H-pyrrole nitrogens is 1. The summed E-state index contributed by atoms with van der Waals surface area (Å²) >= 11 is 5.83. The zero-order valence-electron chi connectivity index (χ0n) is 10.3. The molecule has 1 aromatic carbocycles. The Hall–Kier alpha value is -1.81. The molecule has 94 valence electrons. The number of carbonyl (C=O) groups is 1. The lowest BCUT2D eigenvalue weighted by atomic mass is 9.99. The van der Waals surface area contributed by atoms with Crippen LogP contribution in [0, 0.1) is 20.8 Å². The van der Waals surface area contributed by atoms with Crippen molar-refractivity contribution in [2.75, 3.05) is 0 Å². The summed E-state index contributed by atoms with van der Waals surface area (Å²) < 4.78 is 0. The van der Waals surface area contributed by atoms with Crippen LogP contribution in [0.1, 0.15) is 27.2 Å². The molecule has 0 atom stereocenters. The van der Waals surface area contributed by atoms with E-state index in [1.165, 1.54) is 0 Å². The van der Waals surface area contributed by atoms with Gasteiger partial charge in [-0.2, -0.15) is 0 Å². The second kappa shape index (κ2) is 4.46. The van der Waals surface area contributed by atoms with Gasteiger partial charge in [-0.25, -0.2) is 9.78 Å². The number of aryl methyl sites for hydroxylation is 3. The summed E-state index contributed by atoms with van der Waals surface area (Å²) in [5.41, 5.74) is 3.98. The van der Waals surface area contributed by atoms with Gasteiger partial charge in [-0.05, 0) is 31.9 Å². The van der Waals surface area contributed by atoms with E-state index in [4.69, 9.17) is 16.7 Å². The molecule has 0 aliphatic rings. The Bertz CT molecular complexity index is 609. The minimum absolute atomic E-state index is 0.0527. The van der Waals surface area contributed by atoms with E-state index in [0.717, 1.165) is 22.3 Å². The molecule has 0 fully saturated rings. The molecule has 0 bridgehead atoms. The molecule has 1 aromatic heterocycles. The largest absolute Gasteiger partial charge is 0.476 e. The molecule has 2 N–H and O–H groups in total. The molecular formula is C13H13ClN2O2. The summed E-state index contributed by atoms with van der Waals surface area (Å²) in [5.74, 6) is -0.641. The van der Waals surface area contributed by atoms with E-state index in [0.29, 0.717) is 5.82 Å². The Morgan fingerprint density at radius 2 is 1.83 bits per heavy atom. The van der Waals surface area contributed by atoms with E-state index >= 15 is 0 Å².